The van der Waals surface area contributed by atoms with Crippen molar-refractivity contribution < 1.29 is 13.6 Å². The molecule has 0 unspecified atom stereocenters. The van der Waals surface area contributed by atoms with E-state index < -0.39 is 5.91 Å². The number of nitrogens with one attached hydrogen (secondary N) is 1. The van der Waals surface area contributed by atoms with Gasteiger partial charge in [-0.2, -0.15) is 0 Å². The fourth-order valence-electron chi connectivity index (χ4n) is 1.45. The van der Waals surface area contributed by atoms with Crippen molar-refractivity contribution in [2.75, 3.05) is 0 Å². The van der Waals surface area contributed by atoms with Crippen LogP contribution in [0.2, 0.25) is 0 Å². The molecule has 0 spiro atoms. The summed E-state index contributed by atoms with van der Waals surface area (Å²) in [6.45, 7) is 1.75. The lowest BCUT2D eigenvalue weighted by atomic mass is 10.2. The fourth-order valence-corrected chi connectivity index (χ4v) is 1.86. The summed E-state index contributed by atoms with van der Waals surface area (Å²) in [5.74, 6) is -0.637. The summed E-state index contributed by atoms with van der Waals surface area (Å²) < 4.78 is 19.1. The quantitative estimate of drug-likeness (QED) is 0.948. The average molecular weight is 313 g/mol. The highest BCUT2D eigenvalue weighted by Crippen LogP contribution is 2.15. The molecule has 1 heterocycles. The molecule has 6 heteroatoms. The van der Waals surface area contributed by atoms with Gasteiger partial charge in [0.2, 0.25) is 5.76 Å². The number of nitrogens with zero attached hydrogens (tertiary/aromatic N) is 1. The van der Waals surface area contributed by atoms with Crippen LogP contribution < -0.4 is 5.32 Å². The summed E-state index contributed by atoms with van der Waals surface area (Å²) in [4.78, 5) is 15.5. The molecule has 0 bridgehead atoms. The fraction of sp³-hybridized carbons (Fsp3) is 0.167. The number of rotatable bonds is 3. The second-order valence-corrected chi connectivity index (χ2v) is 4.60. The minimum absolute atomic E-state index is 0.0875. The van der Waals surface area contributed by atoms with Crippen molar-refractivity contribution in [3.8, 4) is 0 Å². The Labute approximate surface area is 111 Å². The summed E-state index contributed by atoms with van der Waals surface area (Å²) >= 11 is 3.25. The average Bonchev–Trinajstić information content (AvgIpc) is 2.76. The van der Waals surface area contributed by atoms with Crippen LogP contribution in [0.3, 0.4) is 0 Å². The van der Waals surface area contributed by atoms with Crippen LogP contribution in [0.5, 0.6) is 0 Å². The van der Waals surface area contributed by atoms with Gasteiger partial charge in [-0.3, -0.25) is 4.79 Å². The Balaban J connectivity index is 2.06. The number of amides is 1. The van der Waals surface area contributed by atoms with Gasteiger partial charge < -0.3 is 9.73 Å². The Morgan fingerprint density at radius 2 is 2.33 bits per heavy atom. The van der Waals surface area contributed by atoms with E-state index >= 15 is 0 Å². The maximum absolute atomic E-state index is 13.4. The smallest absolute Gasteiger partial charge is 0.289 e. The first-order valence-electron chi connectivity index (χ1n) is 5.20. The van der Waals surface area contributed by atoms with Crippen LogP contribution in [0, 0.1) is 12.7 Å². The molecule has 0 radical (unpaired) electrons. The SMILES string of the molecule is Cc1ncoc1C(=O)NCc1cc(Br)ccc1F. The highest BCUT2D eigenvalue weighted by Gasteiger charge is 2.14. The van der Waals surface area contributed by atoms with E-state index in [-0.39, 0.29) is 18.1 Å². The molecule has 1 amide bonds. The van der Waals surface area contributed by atoms with Gasteiger partial charge in [0.1, 0.15) is 5.82 Å². The zero-order valence-electron chi connectivity index (χ0n) is 9.54. The maximum Gasteiger partial charge on any atom is 0.289 e. The van der Waals surface area contributed by atoms with Crippen molar-refractivity contribution in [1.29, 1.82) is 0 Å². The summed E-state index contributed by atoms with van der Waals surface area (Å²) in [6, 6.07) is 4.55. The monoisotopic (exact) mass is 312 g/mol. The van der Waals surface area contributed by atoms with Gasteiger partial charge in [-0.05, 0) is 25.1 Å². The molecule has 0 atom stereocenters. The van der Waals surface area contributed by atoms with Crippen LogP contribution in [0.15, 0.2) is 33.5 Å². The van der Waals surface area contributed by atoms with Crippen molar-refractivity contribution in [3.63, 3.8) is 0 Å². The molecule has 0 fully saturated rings. The van der Waals surface area contributed by atoms with E-state index in [1.54, 1.807) is 19.1 Å². The highest BCUT2D eigenvalue weighted by atomic mass is 79.9. The topological polar surface area (TPSA) is 55.1 Å². The lowest BCUT2D eigenvalue weighted by Gasteiger charge is -2.05. The van der Waals surface area contributed by atoms with Crippen molar-refractivity contribution in [2.45, 2.75) is 13.5 Å². The number of aryl methyl sites for hydroxylation is 1. The molecule has 1 aromatic heterocycles. The predicted octanol–water partition coefficient (Wildman–Crippen LogP) is 2.81. The van der Waals surface area contributed by atoms with E-state index in [2.05, 4.69) is 26.2 Å². The molecule has 0 aliphatic rings. The van der Waals surface area contributed by atoms with Crippen LogP contribution in [0.4, 0.5) is 4.39 Å². The number of carbonyl (C=O) groups excluding carboxylic acids is 1. The molecule has 0 saturated heterocycles. The Kier molecular flexibility index (Phi) is 3.76. The molecule has 2 aromatic rings. The van der Waals surface area contributed by atoms with Crippen LogP contribution >= 0.6 is 15.9 Å². The van der Waals surface area contributed by atoms with E-state index in [0.29, 0.717) is 11.3 Å². The number of halogens is 2. The first kappa shape index (κ1) is 12.8. The van der Waals surface area contributed by atoms with E-state index in [9.17, 15) is 9.18 Å². The lowest BCUT2D eigenvalue weighted by molar-refractivity contribution is 0.0922. The van der Waals surface area contributed by atoms with E-state index in [1.165, 1.54) is 12.5 Å². The lowest BCUT2D eigenvalue weighted by Crippen LogP contribution is -2.23. The van der Waals surface area contributed by atoms with Gasteiger partial charge in [-0.15, -0.1) is 0 Å². The Bertz CT molecular complexity index is 583. The van der Waals surface area contributed by atoms with Gasteiger partial charge in [0.25, 0.3) is 5.91 Å². The van der Waals surface area contributed by atoms with Gasteiger partial charge in [-0.1, -0.05) is 15.9 Å². The number of aromatic nitrogens is 1. The molecule has 0 aliphatic carbocycles. The number of hydrogen-bond donors (Lipinski definition) is 1. The zero-order chi connectivity index (χ0) is 13.1. The van der Waals surface area contributed by atoms with E-state index in [4.69, 9.17) is 4.42 Å². The van der Waals surface area contributed by atoms with Gasteiger partial charge in [-0.25, -0.2) is 9.37 Å². The highest BCUT2D eigenvalue weighted by molar-refractivity contribution is 9.10. The van der Waals surface area contributed by atoms with Crippen LogP contribution in [-0.2, 0) is 6.54 Å². The van der Waals surface area contributed by atoms with Gasteiger partial charge in [0.15, 0.2) is 6.39 Å². The molecule has 4 nitrogen and oxygen atoms in total. The molecule has 18 heavy (non-hydrogen) atoms. The Morgan fingerprint density at radius 3 is 3.00 bits per heavy atom. The van der Waals surface area contributed by atoms with Gasteiger partial charge in [0, 0.05) is 16.6 Å². The van der Waals surface area contributed by atoms with Gasteiger partial charge >= 0.3 is 0 Å². The summed E-state index contributed by atoms with van der Waals surface area (Å²) in [5.41, 5.74) is 0.900. The third kappa shape index (κ3) is 2.76. The maximum atomic E-state index is 13.4. The number of benzene rings is 1. The Morgan fingerprint density at radius 1 is 1.56 bits per heavy atom. The van der Waals surface area contributed by atoms with E-state index in [0.717, 1.165) is 4.47 Å². The second-order valence-electron chi connectivity index (χ2n) is 3.69. The largest absolute Gasteiger partial charge is 0.438 e. The minimum Gasteiger partial charge on any atom is -0.438 e. The second kappa shape index (κ2) is 5.30. The minimum atomic E-state index is -0.413. The summed E-state index contributed by atoms with van der Waals surface area (Å²) in [5, 5.41) is 2.58. The van der Waals surface area contributed by atoms with Crippen molar-refractivity contribution in [3.05, 3.63) is 51.9 Å². The Hall–Kier alpha value is -1.69. The van der Waals surface area contributed by atoms with Gasteiger partial charge in [0.05, 0.1) is 5.69 Å². The van der Waals surface area contributed by atoms with Crippen LogP contribution in [0.1, 0.15) is 21.8 Å². The molecule has 2 rings (SSSR count). The predicted molar refractivity (Wildman–Crippen MR) is 66.5 cm³/mol. The zero-order valence-corrected chi connectivity index (χ0v) is 11.1. The first-order valence-corrected chi connectivity index (χ1v) is 5.99. The number of oxazole rings is 1. The molecular weight excluding hydrogens is 303 g/mol. The third-order valence-corrected chi connectivity index (χ3v) is 2.89. The molecular formula is C12H10BrFN2O2. The molecule has 1 N–H and O–H groups in total. The molecule has 1 aromatic carbocycles. The summed E-state index contributed by atoms with van der Waals surface area (Å²) in [6.07, 6.45) is 1.20. The standard InChI is InChI=1S/C12H10BrFN2O2/c1-7-11(18-6-16-7)12(17)15-5-8-4-9(13)2-3-10(8)14/h2-4,6H,5H2,1H3,(H,15,17). The normalized spacial score (nSPS) is 10.4. The number of hydrogen-bond acceptors (Lipinski definition) is 3. The van der Waals surface area contributed by atoms with Crippen molar-refractivity contribution in [2.24, 2.45) is 0 Å². The molecule has 0 saturated carbocycles. The summed E-state index contributed by atoms with van der Waals surface area (Å²) in [7, 11) is 0. The molecule has 0 aliphatic heterocycles. The first-order chi connectivity index (χ1) is 8.58. The third-order valence-electron chi connectivity index (χ3n) is 2.40. The van der Waals surface area contributed by atoms with Crippen molar-refractivity contribution >= 4 is 21.8 Å². The van der Waals surface area contributed by atoms with E-state index in [1.807, 2.05) is 0 Å². The van der Waals surface area contributed by atoms with Crippen LogP contribution in [-0.4, -0.2) is 10.9 Å². The van der Waals surface area contributed by atoms with Crippen LogP contribution in [0.25, 0.3) is 0 Å². The van der Waals surface area contributed by atoms with Crippen molar-refractivity contribution in [1.82, 2.24) is 10.3 Å². The molecule has 94 valence electrons. The number of carbonyl (C=O) groups is 1.